The predicted octanol–water partition coefficient (Wildman–Crippen LogP) is 2.96. The van der Waals surface area contributed by atoms with Crippen LogP contribution in [0.25, 0.3) is 22.2 Å². The molecule has 3 aromatic heterocycles. The number of carbonyl (C=O) groups is 1. The van der Waals surface area contributed by atoms with Crippen molar-refractivity contribution in [2.75, 3.05) is 18.9 Å². The number of aromatic nitrogens is 4. The normalized spacial score (nSPS) is 10.6. The molecule has 1 aromatic carbocycles. The summed E-state index contributed by atoms with van der Waals surface area (Å²) in [5.74, 6) is 1.22. The molecule has 0 radical (unpaired) electrons. The smallest absolute Gasteiger partial charge is 0.269 e. The molecule has 0 saturated heterocycles. The van der Waals surface area contributed by atoms with Gasteiger partial charge in [0.1, 0.15) is 17.2 Å². The minimum Gasteiger partial charge on any atom is -0.457 e. The van der Waals surface area contributed by atoms with Crippen molar-refractivity contribution in [2.24, 2.45) is 0 Å². The molecule has 9 nitrogen and oxygen atoms in total. The monoisotopic (exact) mass is 416 g/mol. The molecule has 0 aliphatic carbocycles. The lowest BCUT2D eigenvalue weighted by molar-refractivity contribution is 0.0958. The van der Waals surface area contributed by atoms with Crippen molar-refractivity contribution in [1.29, 1.82) is 0 Å². The Bertz CT molecular complexity index is 1320. The maximum Gasteiger partial charge on any atom is 0.269 e. The Labute approximate surface area is 177 Å². The van der Waals surface area contributed by atoms with Crippen LogP contribution >= 0.6 is 0 Å². The maximum atomic E-state index is 12.4. The van der Waals surface area contributed by atoms with E-state index in [0.29, 0.717) is 40.8 Å². The standard InChI is InChI=1S/C22H20N6O3/c1-3-24-22-26-12-16(20(29)28-22)18-6-4-13-10-14(5-7-17(13)27-18)31-15-8-9-25-19(11-15)21(30)23-2/h4-12H,3H2,1-2H3,(H,23,30)(H2,24,26,28,29). The SMILES string of the molecule is CCNc1ncc(-c2ccc3cc(Oc4ccnc(C(=O)NC)c4)ccc3n2)c(=O)[nH]1. The summed E-state index contributed by atoms with van der Waals surface area (Å²) in [6.45, 7) is 2.58. The lowest BCUT2D eigenvalue weighted by Crippen LogP contribution is -2.18. The Morgan fingerprint density at radius 1 is 1.10 bits per heavy atom. The second-order valence-corrected chi connectivity index (χ2v) is 6.61. The Morgan fingerprint density at radius 3 is 2.71 bits per heavy atom. The highest BCUT2D eigenvalue weighted by atomic mass is 16.5. The van der Waals surface area contributed by atoms with Gasteiger partial charge in [-0.25, -0.2) is 9.97 Å². The molecule has 3 heterocycles. The van der Waals surface area contributed by atoms with Crippen molar-refractivity contribution in [1.82, 2.24) is 25.3 Å². The van der Waals surface area contributed by atoms with E-state index in [-0.39, 0.29) is 17.2 Å². The number of pyridine rings is 2. The number of hydrogen-bond donors (Lipinski definition) is 3. The second-order valence-electron chi connectivity index (χ2n) is 6.61. The Hall–Kier alpha value is -4.27. The molecular weight excluding hydrogens is 396 g/mol. The summed E-state index contributed by atoms with van der Waals surface area (Å²) >= 11 is 0. The highest BCUT2D eigenvalue weighted by Gasteiger charge is 2.10. The van der Waals surface area contributed by atoms with Crippen molar-refractivity contribution in [3.63, 3.8) is 0 Å². The summed E-state index contributed by atoms with van der Waals surface area (Å²) in [4.78, 5) is 39.6. The fraction of sp³-hybridized carbons (Fsp3) is 0.136. The molecule has 0 spiro atoms. The number of ether oxygens (including phenoxy) is 1. The summed E-state index contributed by atoms with van der Waals surface area (Å²) in [5, 5.41) is 6.34. The van der Waals surface area contributed by atoms with Crippen LogP contribution < -0.4 is 20.9 Å². The van der Waals surface area contributed by atoms with Gasteiger partial charge in [-0.2, -0.15) is 0 Å². The number of benzene rings is 1. The van der Waals surface area contributed by atoms with Crippen molar-refractivity contribution in [3.05, 3.63) is 70.9 Å². The van der Waals surface area contributed by atoms with E-state index >= 15 is 0 Å². The number of hydrogen-bond acceptors (Lipinski definition) is 7. The molecule has 9 heteroatoms. The van der Waals surface area contributed by atoms with Gasteiger partial charge in [-0.3, -0.25) is 19.6 Å². The molecule has 0 bridgehead atoms. The zero-order chi connectivity index (χ0) is 21.8. The molecule has 0 unspecified atom stereocenters. The summed E-state index contributed by atoms with van der Waals surface area (Å²) < 4.78 is 5.87. The van der Waals surface area contributed by atoms with Crippen LogP contribution in [-0.4, -0.2) is 39.4 Å². The molecule has 0 fully saturated rings. The molecule has 0 aliphatic rings. The fourth-order valence-corrected chi connectivity index (χ4v) is 3.01. The van der Waals surface area contributed by atoms with Crippen LogP contribution in [-0.2, 0) is 0 Å². The number of aromatic amines is 1. The Balaban J connectivity index is 1.60. The van der Waals surface area contributed by atoms with Gasteiger partial charge >= 0.3 is 0 Å². The molecule has 156 valence electrons. The average molecular weight is 416 g/mol. The number of H-pyrrole nitrogens is 1. The first-order valence-corrected chi connectivity index (χ1v) is 9.67. The average Bonchev–Trinajstić information content (AvgIpc) is 2.79. The Kier molecular flexibility index (Phi) is 5.57. The van der Waals surface area contributed by atoms with Crippen LogP contribution in [0.2, 0.25) is 0 Å². The van der Waals surface area contributed by atoms with Crippen LogP contribution in [0.5, 0.6) is 11.5 Å². The third kappa shape index (κ3) is 4.35. The van der Waals surface area contributed by atoms with Crippen molar-refractivity contribution >= 4 is 22.8 Å². The van der Waals surface area contributed by atoms with Crippen LogP contribution in [0.4, 0.5) is 5.95 Å². The summed E-state index contributed by atoms with van der Waals surface area (Å²) in [7, 11) is 1.54. The number of anilines is 1. The molecule has 0 atom stereocenters. The quantitative estimate of drug-likeness (QED) is 0.442. The van der Waals surface area contributed by atoms with E-state index < -0.39 is 0 Å². The number of rotatable bonds is 6. The zero-order valence-corrected chi connectivity index (χ0v) is 17.0. The lowest BCUT2D eigenvalue weighted by Gasteiger charge is -2.09. The van der Waals surface area contributed by atoms with Crippen molar-refractivity contribution in [3.8, 4) is 22.8 Å². The van der Waals surface area contributed by atoms with Crippen LogP contribution in [0.3, 0.4) is 0 Å². The van der Waals surface area contributed by atoms with E-state index in [4.69, 9.17) is 4.74 Å². The third-order valence-corrected chi connectivity index (χ3v) is 4.51. The van der Waals surface area contributed by atoms with Crippen LogP contribution in [0, 0.1) is 0 Å². The number of nitrogens with zero attached hydrogens (tertiary/aromatic N) is 3. The molecule has 0 aliphatic heterocycles. The molecule has 4 rings (SSSR count). The maximum absolute atomic E-state index is 12.4. The minimum atomic E-state index is -0.288. The lowest BCUT2D eigenvalue weighted by atomic mass is 10.1. The predicted molar refractivity (Wildman–Crippen MR) is 117 cm³/mol. The summed E-state index contributed by atoms with van der Waals surface area (Å²) in [6, 6.07) is 12.3. The van der Waals surface area contributed by atoms with Crippen LogP contribution in [0.1, 0.15) is 17.4 Å². The molecule has 0 saturated carbocycles. The molecule has 1 amide bonds. The minimum absolute atomic E-state index is 0.262. The first-order chi connectivity index (χ1) is 15.1. The Morgan fingerprint density at radius 2 is 1.94 bits per heavy atom. The van der Waals surface area contributed by atoms with E-state index in [0.717, 1.165) is 5.39 Å². The van der Waals surface area contributed by atoms with Gasteiger partial charge in [0, 0.05) is 37.4 Å². The second kappa shape index (κ2) is 8.62. The van der Waals surface area contributed by atoms with Crippen molar-refractivity contribution < 1.29 is 9.53 Å². The van der Waals surface area contributed by atoms with E-state index in [1.165, 1.54) is 12.4 Å². The number of carbonyl (C=O) groups excluding carboxylic acids is 1. The fourth-order valence-electron chi connectivity index (χ4n) is 3.01. The first-order valence-electron chi connectivity index (χ1n) is 9.67. The molecular formula is C22H20N6O3. The third-order valence-electron chi connectivity index (χ3n) is 4.51. The van der Waals surface area contributed by atoms with Gasteiger partial charge in [-0.15, -0.1) is 0 Å². The first kappa shape index (κ1) is 20.0. The largest absolute Gasteiger partial charge is 0.457 e. The van der Waals surface area contributed by atoms with Gasteiger partial charge in [-0.05, 0) is 37.3 Å². The van der Waals surface area contributed by atoms with Gasteiger partial charge in [0.05, 0.1) is 16.8 Å². The van der Waals surface area contributed by atoms with E-state index in [1.54, 1.807) is 31.3 Å². The van der Waals surface area contributed by atoms with Gasteiger partial charge in [0.25, 0.3) is 11.5 Å². The molecule has 4 aromatic rings. The van der Waals surface area contributed by atoms with Gasteiger partial charge < -0.3 is 15.4 Å². The van der Waals surface area contributed by atoms with Gasteiger partial charge in [0.15, 0.2) is 0 Å². The summed E-state index contributed by atoms with van der Waals surface area (Å²) in [6.07, 6.45) is 3.03. The number of nitrogens with one attached hydrogen (secondary N) is 3. The van der Waals surface area contributed by atoms with Gasteiger partial charge in [0.2, 0.25) is 5.95 Å². The van der Waals surface area contributed by atoms with Crippen molar-refractivity contribution in [2.45, 2.75) is 6.92 Å². The number of amides is 1. The highest BCUT2D eigenvalue weighted by Crippen LogP contribution is 2.26. The highest BCUT2D eigenvalue weighted by molar-refractivity contribution is 5.92. The van der Waals surface area contributed by atoms with E-state index in [9.17, 15) is 9.59 Å². The zero-order valence-electron chi connectivity index (χ0n) is 17.0. The summed E-state index contributed by atoms with van der Waals surface area (Å²) in [5.41, 5.74) is 1.64. The molecule has 3 N–H and O–H groups in total. The van der Waals surface area contributed by atoms with Crippen LogP contribution in [0.15, 0.2) is 59.7 Å². The molecule has 31 heavy (non-hydrogen) atoms. The van der Waals surface area contributed by atoms with E-state index in [2.05, 4.69) is 30.6 Å². The van der Waals surface area contributed by atoms with Gasteiger partial charge in [-0.1, -0.05) is 6.07 Å². The topological polar surface area (TPSA) is 122 Å². The van der Waals surface area contributed by atoms with E-state index in [1.807, 2.05) is 25.1 Å². The number of fused-ring (bicyclic) bond motifs is 1.